The lowest BCUT2D eigenvalue weighted by molar-refractivity contribution is -0.461. The minimum absolute atomic E-state index is 0.0381. The third-order valence-electron chi connectivity index (χ3n) is 2.83. The molecule has 2 aromatic heterocycles. The molecule has 0 fully saturated rings. The van der Waals surface area contributed by atoms with E-state index in [-0.39, 0.29) is 5.78 Å². The Morgan fingerprint density at radius 2 is 1.36 bits per heavy atom. The number of rotatable bonds is 2. The molecule has 6 heteroatoms. The number of nitrogens with zero attached hydrogens (tertiary/aromatic N) is 2. The van der Waals surface area contributed by atoms with Crippen molar-refractivity contribution in [3.63, 3.8) is 0 Å². The first kappa shape index (κ1) is 15.3. The first-order valence-electron chi connectivity index (χ1n) is 6.45. The van der Waals surface area contributed by atoms with Crippen molar-refractivity contribution in [3.8, 4) is 0 Å². The Labute approximate surface area is 126 Å². The van der Waals surface area contributed by atoms with Gasteiger partial charge in [-0.3, -0.25) is 20.1 Å². The van der Waals surface area contributed by atoms with Gasteiger partial charge in [0.05, 0.1) is 0 Å². The lowest BCUT2D eigenvalue weighted by Crippen LogP contribution is -2.79. The van der Waals surface area contributed by atoms with E-state index >= 15 is 0 Å². The summed E-state index contributed by atoms with van der Waals surface area (Å²) in [5.41, 5.74) is 3.21. The number of allylic oxidation sites excluding steroid dienone is 2. The van der Waals surface area contributed by atoms with Gasteiger partial charge >= 0.3 is 0 Å². The summed E-state index contributed by atoms with van der Waals surface area (Å²) >= 11 is 0. The SMILES string of the molecule is O=C1C=C(c2ccccn2)[NH2+]C(c2ccccn2)=C1.O=C[O-]. The molecule has 0 bridgehead atoms. The maximum Gasteiger partial charge on any atom is 0.190 e. The van der Waals surface area contributed by atoms with Crippen molar-refractivity contribution in [2.24, 2.45) is 0 Å². The molecule has 1 aliphatic rings. The molecular weight excluding hydrogens is 282 g/mol. The number of quaternary nitrogens is 1. The van der Waals surface area contributed by atoms with E-state index in [0.717, 1.165) is 22.8 Å². The second-order valence-corrected chi connectivity index (χ2v) is 4.27. The number of pyridine rings is 2. The zero-order valence-electron chi connectivity index (χ0n) is 11.5. The summed E-state index contributed by atoms with van der Waals surface area (Å²) in [6.45, 7) is -0.500. The number of nitrogens with two attached hydrogens (primary N) is 1. The number of carbonyl (C=O) groups is 2. The minimum atomic E-state index is -0.500. The number of hydrogen-bond acceptors (Lipinski definition) is 5. The molecule has 0 saturated heterocycles. The summed E-state index contributed by atoms with van der Waals surface area (Å²) in [5.74, 6) is -0.0381. The standard InChI is InChI=1S/C15H11N3O.CH2O2/c19-11-9-14(12-5-1-3-7-16-12)18-15(10-11)13-6-2-4-8-17-13;2-1-3/h1-10H,(H,18,19);1H,(H,2,3). The van der Waals surface area contributed by atoms with Crippen molar-refractivity contribution in [3.05, 3.63) is 72.3 Å². The molecule has 3 rings (SSSR count). The summed E-state index contributed by atoms with van der Waals surface area (Å²) in [4.78, 5) is 28.6. The number of aromatic nitrogens is 2. The molecule has 2 aromatic rings. The molecule has 0 atom stereocenters. The zero-order chi connectivity index (χ0) is 15.8. The summed E-state index contributed by atoms with van der Waals surface area (Å²) in [6, 6.07) is 11.3. The van der Waals surface area contributed by atoms with Crippen molar-refractivity contribution in [1.82, 2.24) is 9.97 Å². The van der Waals surface area contributed by atoms with E-state index < -0.39 is 6.47 Å². The maximum absolute atomic E-state index is 11.8. The molecule has 110 valence electrons. The molecule has 0 aromatic carbocycles. The number of hydrogen-bond donors (Lipinski definition) is 1. The van der Waals surface area contributed by atoms with Gasteiger partial charge in [0.25, 0.3) is 0 Å². The third kappa shape index (κ3) is 3.94. The predicted molar refractivity (Wildman–Crippen MR) is 77.4 cm³/mol. The lowest BCUT2D eigenvalue weighted by atomic mass is 10.1. The second kappa shape index (κ2) is 7.61. The van der Waals surface area contributed by atoms with Gasteiger partial charge in [0.1, 0.15) is 11.4 Å². The van der Waals surface area contributed by atoms with Crippen LogP contribution in [0.15, 0.2) is 60.9 Å². The molecule has 0 amide bonds. The van der Waals surface area contributed by atoms with Gasteiger partial charge in [0.2, 0.25) is 0 Å². The molecule has 3 heterocycles. The zero-order valence-corrected chi connectivity index (χ0v) is 11.5. The maximum atomic E-state index is 11.8. The van der Waals surface area contributed by atoms with E-state index in [1.165, 1.54) is 0 Å². The van der Waals surface area contributed by atoms with Gasteiger partial charge in [-0.15, -0.1) is 0 Å². The smallest absolute Gasteiger partial charge is 0.190 e. The minimum Gasteiger partial charge on any atom is -0.554 e. The molecule has 22 heavy (non-hydrogen) atoms. The highest BCUT2D eigenvalue weighted by molar-refractivity contribution is 6.08. The average molecular weight is 295 g/mol. The largest absolute Gasteiger partial charge is 0.554 e. The molecule has 0 unspecified atom stereocenters. The van der Waals surface area contributed by atoms with Crippen LogP contribution in [0.2, 0.25) is 0 Å². The van der Waals surface area contributed by atoms with E-state index in [1.807, 2.05) is 41.7 Å². The van der Waals surface area contributed by atoms with E-state index in [2.05, 4.69) is 9.97 Å². The van der Waals surface area contributed by atoms with Gasteiger partial charge in [-0.2, -0.15) is 0 Å². The molecule has 1 aliphatic heterocycles. The Kier molecular flexibility index (Phi) is 5.28. The van der Waals surface area contributed by atoms with Crippen LogP contribution < -0.4 is 10.4 Å². The van der Waals surface area contributed by atoms with E-state index in [4.69, 9.17) is 9.90 Å². The molecular formula is C16H13N3O3. The average Bonchev–Trinajstić information content (AvgIpc) is 2.57. The fourth-order valence-electron chi connectivity index (χ4n) is 1.96. The fourth-order valence-corrected chi connectivity index (χ4v) is 1.96. The number of carboxylic acid groups (broad SMARTS) is 1. The molecule has 0 aliphatic carbocycles. The van der Waals surface area contributed by atoms with Gasteiger partial charge in [-0.1, -0.05) is 12.1 Å². The summed E-state index contributed by atoms with van der Waals surface area (Å²) in [7, 11) is 0. The Bertz CT molecular complexity index is 652. The van der Waals surface area contributed by atoms with Crippen LogP contribution >= 0.6 is 0 Å². The van der Waals surface area contributed by atoms with Gasteiger partial charge in [0, 0.05) is 31.0 Å². The van der Waals surface area contributed by atoms with Crippen LogP contribution in [-0.4, -0.2) is 22.2 Å². The van der Waals surface area contributed by atoms with Crippen LogP contribution in [-0.2, 0) is 9.59 Å². The van der Waals surface area contributed by atoms with E-state index in [0.29, 0.717) is 0 Å². The van der Waals surface area contributed by atoms with Crippen molar-refractivity contribution in [2.45, 2.75) is 0 Å². The molecule has 2 N–H and O–H groups in total. The monoisotopic (exact) mass is 295 g/mol. The van der Waals surface area contributed by atoms with Gasteiger partial charge < -0.3 is 9.90 Å². The first-order chi connectivity index (χ1) is 10.7. The highest BCUT2D eigenvalue weighted by atomic mass is 16.3. The quantitative estimate of drug-likeness (QED) is 0.744. The van der Waals surface area contributed by atoms with Crippen LogP contribution in [0.5, 0.6) is 0 Å². The topological polar surface area (TPSA) is 99.6 Å². The van der Waals surface area contributed by atoms with Crippen LogP contribution in [0.1, 0.15) is 11.4 Å². The van der Waals surface area contributed by atoms with Crippen molar-refractivity contribution >= 4 is 23.6 Å². The van der Waals surface area contributed by atoms with Crippen LogP contribution in [0.3, 0.4) is 0 Å². The van der Waals surface area contributed by atoms with Gasteiger partial charge in [-0.25, -0.2) is 0 Å². The second-order valence-electron chi connectivity index (χ2n) is 4.27. The predicted octanol–water partition coefficient (Wildman–Crippen LogP) is -0.629. The summed E-state index contributed by atoms with van der Waals surface area (Å²) in [5, 5.41) is 10.2. The Balaban J connectivity index is 0.000000545. The van der Waals surface area contributed by atoms with Crippen molar-refractivity contribution in [1.29, 1.82) is 0 Å². The molecule has 0 spiro atoms. The first-order valence-corrected chi connectivity index (χ1v) is 6.45. The Morgan fingerprint density at radius 3 is 1.73 bits per heavy atom. The third-order valence-corrected chi connectivity index (χ3v) is 2.83. The van der Waals surface area contributed by atoms with E-state index in [9.17, 15) is 4.79 Å². The fraction of sp³-hybridized carbons (Fsp3) is 0. The molecule has 0 radical (unpaired) electrons. The number of carbonyl (C=O) groups excluding carboxylic acids is 2. The molecule has 0 saturated carbocycles. The van der Waals surface area contributed by atoms with Gasteiger partial charge in [-0.05, 0) is 24.3 Å². The normalized spacial score (nSPS) is 13.4. The lowest BCUT2D eigenvalue weighted by Gasteiger charge is -2.10. The van der Waals surface area contributed by atoms with Crippen molar-refractivity contribution in [2.75, 3.05) is 0 Å². The molecule has 6 nitrogen and oxygen atoms in total. The van der Waals surface area contributed by atoms with Crippen LogP contribution in [0, 0.1) is 0 Å². The van der Waals surface area contributed by atoms with Crippen LogP contribution in [0.25, 0.3) is 11.4 Å². The number of ketones is 1. The summed E-state index contributed by atoms with van der Waals surface area (Å²) in [6.07, 6.45) is 6.62. The highest BCUT2D eigenvalue weighted by Gasteiger charge is 2.20. The van der Waals surface area contributed by atoms with Crippen molar-refractivity contribution < 1.29 is 20.0 Å². The van der Waals surface area contributed by atoms with Crippen LogP contribution in [0.4, 0.5) is 0 Å². The Morgan fingerprint density at radius 1 is 0.909 bits per heavy atom. The van der Waals surface area contributed by atoms with E-state index in [1.54, 1.807) is 24.5 Å². The summed E-state index contributed by atoms with van der Waals surface area (Å²) < 4.78 is 0. The Hall–Kier alpha value is -3.12. The highest BCUT2D eigenvalue weighted by Crippen LogP contribution is 2.12. The van der Waals surface area contributed by atoms with Gasteiger partial charge in [0.15, 0.2) is 17.2 Å².